The van der Waals surface area contributed by atoms with E-state index in [1.54, 1.807) is 6.20 Å². The molecule has 2 aromatic carbocycles. The van der Waals surface area contributed by atoms with Crippen molar-refractivity contribution in [3.05, 3.63) is 78.1 Å². The second-order valence-corrected chi connectivity index (χ2v) is 6.26. The van der Waals surface area contributed by atoms with Crippen LogP contribution in [0, 0.1) is 13.8 Å². The number of pyridine rings is 1. The fourth-order valence-corrected chi connectivity index (χ4v) is 2.70. The second kappa shape index (κ2) is 7.29. The number of hydrogen-bond donors (Lipinski definition) is 2. The maximum atomic E-state index is 5.85. The first-order valence-electron chi connectivity index (χ1n) is 8.63. The van der Waals surface area contributed by atoms with Crippen molar-refractivity contribution in [2.45, 2.75) is 13.8 Å². The van der Waals surface area contributed by atoms with Gasteiger partial charge in [0.25, 0.3) is 0 Å². The third-order valence-corrected chi connectivity index (χ3v) is 3.99. The van der Waals surface area contributed by atoms with Crippen LogP contribution in [0.2, 0.25) is 0 Å². The topological polar surface area (TPSA) is 75.7 Å². The van der Waals surface area contributed by atoms with Gasteiger partial charge in [0, 0.05) is 29.2 Å². The maximum absolute atomic E-state index is 5.85. The van der Waals surface area contributed by atoms with Crippen LogP contribution in [0.25, 0.3) is 11.4 Å². The molecule has 0 spiro atoms. The third kappa shape index (κ3) is 4.12. The Balaban J connectivity index is 1.47. The highest BCUT2D eigenvalue weighted by Gasteiger charge is 2.07. The lowest BCUT2D eigenvalue weighted by atomic mass is 10.2. The van der Waals surface area contributed by atoms with Crippen molar-refractivity contribution in [3.8, 4) is 22.9 Å². The zero-order chi connectivity index (χ0) is 18.6. The van der Waals surface area contributed by atoms with E-state index in [0.717, 1.165) is 28.4 Å². The van der Waals surface area contributed by atoms with Crippen LogP contribution in [0.5, 0.6) is 11.5 Å². The molecule has 0 aliphatic rings. The largest absolute Gasteiger partial charge is 0.457 e. The molecular weight excluding hydrogens is 338 g/mol. The summed E-state index contributed by atoms with van der Waals surface area (Å²) in [4.78, 5) is 8.67. The van der Waals surface area contributed by atoms with Crippen molar-refractivity contribution in [1.82, 2.24) is 20.2 Å². The Morgan fingerprint density at radius 1 is 0.926 bits per heavy atom. The van der Waals surface area contributed by atoms with Crippen LogP contribution < -0.4 is 10.1 Å². The van der Waals surface area contributed by atoms with E-state index in [-0.39, 0.29) is 0 Å². The van der Waals surface area contributed by atoms with Gasteiger partial charge in [0.1, 0.15) is 11.5 Å². The summed E-state index contributed by atoms with van der Waals surface area (Å²) in [7, 11) is 0. The van der Waals surface area contributed by atoms with Crippen LogP contribution in [0.4, 0.5) is 11.6 Å². The van der Waals surface area contributed by atoms with E-state index in [1.165, 1.54) is 5.56 Å². The summed E-state index contributed by atoms with van der Waals surface area (Å²) in [5, 5.41) is 10.4. The molecule has 0 radical (unpaired) electrons. The summed E-state index contributed by atoms with van der Waals surface area (Å²) in [5.74, 6) is 2.74. The van der Waals surface area contributed by atoms with Gasteiger partial charge in [-0.05, 0) is 61.9 Å². The highest BCUT2D eigenvalue weighted by atomic mass is 16.5. The fraction of sp³-hybridized carbons (Fsp3) is 0.0952. The number of aromatic amines is 1. The van der Waals surface area contributed by atoms with Gasteiger partial charge >= 0.3 is 0 Å². The molecule has 2 heterocycles. The predicted molar refractivity (Wildman–Crippen MR) is 105 cm³/mol. The normalized spacial score (nSPS) is 10.6. The van der Waals surface area contributed by atoms with Gasteiger partial charge in [0.2, 0.25) is 5.95 Å². The lowest BCUT2D eigenvalue weighted by Gasteiger charge is -2.06. The number of ether oxygens (including phenoxy) is 1. The van der Waals surface area contributed by atoms with Crippen LogP contribution in [-0.2, 0) is 0 Å². The zero-order valence-corrected chi connectivity index (χ0v) is 15.1. The molecule has 0 amide bonds. The summed E-state index contributed by atoms with van der Waals surface area (Å²) in [5.41, 5.74) is 3.98. The monoisotopic (exact) mass is 357 g/mol. The van der Waals surface area contributed by atoms with Crippen LogP contribution in [0.1, 0.15) is 11.3 Å². The SMILES string of the molecule is Cc1cccc(Nc2n[nH]c(-c3ccc(Oc4ccnc(C)c4)cc3)n2)c1. The van der Waals surface area contributed by atoms with Crippen LogP contribution in [0.15, 0.2) is 66.9 Å². The number of hydrogen-bond acceptors (Lipinski definition) is 5. The van der Waals surface area contributed by atoms with E-state index in [1.807, 2.05) is 74.5 Å². The first-order valence-corrected chi connectivity index (χ1v) is 8.63. The summed E-state index contributed by atoms with van der Waals surface area (Å²) in [6.07, 6.45) is 1.73. The van der Waals surface area contributed by atoms with Crippen molar-refractivity contribution in [2.24, 2.45) is 0 Å². The summed E-state index contributed by atoms with van der Waals surface area (Å²) >= 11 is 0. The van der Waals surface area contributed by atoms with Gasteiger partial charge in [0.05, 0.1) is 0 Å². The van der Waals surface area contributed by atoms with Crippen LogP contribution in [0.3, 0.4) is 0 Å². The van der Waals surface area contributed by atoms with Gasteiger partial charge in [-0.3, -0.25) is 10.1 Å². The Morgan fingerprint density at radius 2 is 1.78 bits per heavy atom. The summed E-state index contributed by atoms with van der Waals surface area (Å²) in [6, 6.07) is 19.5. The van der Waals surface area contributed by atoms with Crippen LogP contribution >= 0.6 is 0 Å². The molecule has 0 saturated heterocycles. The first kappa shape index (κ1) is 16.8. The molecule has 2 aromatic heterocycles. The Kier molecular flexibility index (Phi) is 4.53. The molecular formula is C21H19N5O. The molecule has 6 heteroatoms. The van der Waals surface area contributed by atoms with E-state index in [0.29, 0.717) is 11.8 Å². The van der Waals surface area contributed by atoms with E-state index in [9.17, 15) is 0 Å². The molecule has 0 unspecified atom stereocenters. The molecule has 0 bridgehead atoms. The molecule has 4 aromatic rings. The minimum atomic E-state index is 0.531. The van der Waals surface area contributed by atoms with Gasteiger partial charge in [-0.25, -0.2) is 0 Å². The maximum Gasteiger partial charge on any atom is 0.246 e. The number of benzene rings is 2. The standard InChI is InChI=1S/C21H19N5O/c1-14-4-3-5-17(12-14)23-21-24-20(25-26-21)16-6-8-18(9-7-16)27-19-10-11-22-15(2)13-19/h3-13H,1-2H3,(H2,23,24,25,26). The average molecular weight is 357 g/mol. The van der Waals surface area contributed by atoms with E-state index < -0.39 is 0 Å². The Bertz CT molecular complexity index is 1060. The van der Waals surface area contributed by atoms with Crippen LogP contribution in [-0.4, -0.2) is 20.2 Å². The minimum Gasteiger partial charge on any atom is -0.457 e. The molecule has 6 nitrogen and oxygen atoms in total. The summed E-state index contributed by atoms with van der Waals surface area (Å²) < 4.78 is 5.85. The molecule has 4 rings (SSSR count). The van der Waals surface area contributed by atoms with Crippen molar-refractivity contribution in [1.29, 1.82) is 0 Å². The number of H-pyrrole nitrogens is 1. The van der Waals surface area contributed by atoms with Gasteiger partial charge in [-0.15, -0.1) is 5.10 Å². The highest BCUT2D eigenvalue weighted by molar-refractivity contribution is 5.60. The lowest BCUT2D eigenvalue weighted by molar-refractivity contribution is 0.481. The van der Waals surface area contributed by atoms with Crippen molar-refractivity contribution in [2.75, 3.05) is 5.32 Å². The number of aryl methyl sites for hydroxylation is 2. The Labute approximate surface area is 157 Å². The summed E-state index contributed by atoms with van der Waals surface area (Å²) in [6.45, 7) is 3.98. The average Bonchev–Trinajstić information content (AvgIpc) is 3.11. The number of rotatable bonds is 5. The number of anilines is 2. The van der Waals surface area contributed by atoms with Gasteiger partial charge < -0.3 is 10.1 Å². The van der Waals surface area contributed by atoms with Crippen molar-refractivity contribution < 1.29 is 4.74 Å². The van der Waals surface area contributed by atoms with Gasteiger partial charge in [-0.1, -0.05) is 12.1 Å². The molecule has 0 saturated carbocycles. The molecule has 27 heavy (non-hydrogen) atoms. The van der Waals surface area contributed by atoms with Crippen molar-refractivity contribution in [3.63, 3.8) is 0 Å². The number of nitrogens with one attached hydrogen (secondary N) is 2. The molecule has 134 valence electrons. The smallest absolute Gasteiger partial charge is 0.246 e. The van der Waals surface area contributed by atoms with E-state index >= 15 is 0 Å². The fourth-order valence-electron chi connectivity index (χ4n) is 2.70. The predicted octanol–water partition coefficient (Wildman–Crippen LogP) is 5.02. The van der Waals surface area contributed by atoms with E-state index in [4.69, 9.17) is 4.74 Å². The minimum absolute atomic E-state index is 0.531. The quantitative estimate of drug-likeness (QED) is 0.524. The second-order valence-electron chi connectivity index (χ2n) is 6.26. The first-order chi connectivity index (χ1) is 13.2. The highest BCUT2D eigenvalue weighted by Crippen LogP contribution is 2.25. The molecule has 2 N–H and O–H groups in total. The van der Waals surface area contributed by atoms with Gasteiger partial charge in [-0.2, -0.15) is 4.98 Å². The molecule has 0 aliphatic heterocycles. The van der Waals surface area contributed by atoms with Gasteiger partial charge in [0.15, 0.2) is 5.82 Å². The number of aromatic nitrogens is 4. The third-order valence-electron chi connectivity index (χ3n) is 3.99. The molecule has 0 fully saturated rings. The number of nitrogens with zero attached hydrogens (tertiary/aromatic N) is 3. The Hall–Kier alpha value is -3.67. The Morgan fingerprint density at radius 3 is 2.56 bits per heavy atom. The zero-order valence-electron chi connectivity index (χ0n) is 15.1. The van der Waals surface area contributed by atoms with E-state index in [2.05, 4.69) is 25.5 Å². The van der Waals surface area contributed by atoms with Crippen molar-refractivity contribution >= 4 is 11.6 Å². The molecule has 0 atom stereocenters. The molecule has 0 aliphatic carbocycles. The lowest BCUT2D eigenvalue weighted by Crippen LogP contribution is -1.92.